The minimum Gasteiger partial charge on any atom is -0.493 e. The molecule has 0 aliphatic heterocycles. The van der Waals surface area contributed by atoms with Crippen molar-refractivity contribution in [3.63, 3.8) is 0 Å². The Balaban J connectivity index is 1.70. The summed E-state index contributed by atoms with van der Waals surface area (Å²) in [4.78, 5) is 0. The summed E-state index contributed by atoms with van der Waals surface area (Å²) in [5.74, 6) is 1.92. The average Bonchev–Trinajstić information content (AvgIpc) is 2.66. The first-order chi connectivity index (χ1) is 12.8. The van der Waals surface area contributed by atoms with Crippen LogP contribution in [0.3, 0.4) is 0 Å². The van der Waals surface area contributed by atoms with Crippen LogP contribution in [-0.2, 0) is 6.54 Å². The van der Waals surface area contributed by atoms with E-state index < -0.39 is 0 Å². The van der Waals surface area contributed by atoms with Crippen LogP contribution in [0.2, 0.25) is 0 Å². The lowest BCUT2D eigenvalue weighted by Gasteiger charge is -2.28. The molecule has 0 heterocycles. The second kappa shape index (κ2) is 9.97. The Labute approximate surface area is 159 Å². The molecule has 26 heavy (non-hydrogen) atoms. The second-order valence-electron chi connectivity index (χ2n) is 8.02. The van der Waals surface area contributed by atoms with E-state index in [1.165, 1.54) is 61.3 Å². The monoisotopic (exact) mass is 353 g/mol. The molecule has 0 aromatic heterocycles. The molecule has 1 saturated carbocycles. The summed E-state index contributed by atoms with van der Waals surface area (Å²) in [5.41, 5.74) is 1.33. The summed E-state index contributed by atoms with van der Waals surface area (Å²) in [6.07, 6.45) is 10.3. The summed E-state index contributed by atoms with van der Waals surface area (Å²) in [6.45, 7) is 6.37. The smallest absolute Gasteiger partial charge is 0.124 e. The zero-order chi connectivity index (χ0) is 18.2. The zero-order valence-electron chi connectivity index (χ0n) is 16.6. The maximum Gasteiger partial charge on any atom is 0.124 e. The van der Waals surface area contributed by atoms with Gasteiger partial charge in [0, 0.05) is 18.2 Å². The fourth-order valence-corrected chi connectivity index (χ4v) is 4.21. The molecule has 1 fully saturated rings. The standard InChI is InChI=1S/C24H35NO/c1-3-4-5-8-16-26-24-15-14-20-11-6-7-13-22(20)23(24)18-25-21-12-9-10-19(2)17-21/h6-7,11,13-15,19,21,25H,3-5,8-10,12,16-18H2,1-2H3. The van der Waals surface area contributed by atoms with Crippen molar-refractivity contribution in [3.8, 4) is 5.75 Å². The molecule has 1 aliphatic carbocycles. The summed E-state index contributed by atoms with van der Waals surface area (Å²) in [7, 11) is 0. The highest BCUT2D eigenvalue weighted by Gasteiger charge is 2.19. The van der Waals surface area contributed by atoms with Gasteiger partial charge in [-0.1, -0.05) is 76.3 Å². The van der Waals surface area contributed by atoms with Gasteiger partial charge in [-0.05, 0) is 42.0 Å². The molecule has 0 bridgehead atoms. The van der Waals surface area contributed by atoms with Crippen LogP contribution in [0.4, 0.5) is 0 Å². The molecule has 2 unspecified atom stereocenters. The first-order valence-corrected chi connectivity index (χ1v) is 10.6. The molecule has 0 amide bonds. The fourth-order valence-electron chi connectivity index (χ4n) is 4.21. The molecule has 3 rings (SSSR count). The third-order valence-electron chi connectivity index (χ3n) is 5.76. The number of hydrogen-bond donors (Lipinski definition) is 1. The molecule has 142 valence electrons. The summed E-state index contributed by atoms with van der Waals surface area (Å²) in [5, 5.41) is 6.47. The Morgan fingerprint density at radius 1 is 1.04 bits per heavy atom. The Bertz CT molecular complexity index is 681. The van der Waals surface area contributed by atoms with E-state index >= 15 is 0 Å². The van der Waals surface area contributed by atoms with Crippen LogP contribution in [0.25, 0.3) is 10.8 Å². The lowest BCUT2D eigenvalue weighted by molar-refractivity contribution is 0.290. The van der Waals surface area contributed by atoms with Crippen molar-refractivity contribution in [2.45, 2.75) is 77.8 Å². The highest BCUT2D eigenvalue weighted by Crippen LogP contribution is 2.30. The third kappa shape index (κ3) is 5.23. The number of fused-ring (bicyclic) bond motifs is 1. The highest BCUT2D eigenvalue weighted by atomic mass is 16.5. The Kier molecular flexibility index (Phi) is 7.37. The molecule has 0 radical (unpaired) electrons. The van der Waals surface area contributed by atoms with E-state index in [9.17, 15) is 0 Å². The lowest BCUT2D eigenvalue weighted by Crippen LogP contribution is -2.33. The van der Waals surface area contributed by atoms with Gasteiger partial charge in [0.05, 0.1) is 6.61 Å². The van der Waals surface area contributed by atoms with Gasteiger partial charge in [-0.3, -0.25) is 0 Å². The minimum absolute atomic E-state index is 0.648. The van der Waals surface area contributed by atoms with Crippen molar-refractivity contribution in [2.24, 2.45) is 5.92 Å². The fraction of sp³-hybridized carbons (Fsp3) is 0.583. The lowest BCUT2D eigenvalue weighted by atomic mass is 9.87. The second-order valence-corrected chi connectivity index (χ2v) is 8.02. The van der Waals surface area contributed by atoms with Crippen molar-refractivity contribution in [3.05, 3.63) is 42.0 Å². The van der Waals surface area contributed by atoms with E-state index in [0.717, 1.165) is 31.2 Å². The van der Waals surface area contributed by atoms with E-state index in [1.54, 1.807) is 0 Å². The molecule has 0 saturated heterocycles. The molecule has 2 atom stereocenters. The van der Waals surface area contributed by atoms with Crippen LogP contribution in [0, 0.1) is 5.92 Å². The van der Waals surface area contributed by atoms with Gasteiger partial charge in [-0.25, -0.2) is 0 Å². The number of benzene rings is 2. The van der Waals surface area contributed by atoms with Gasteiger partial charge in [-0.2, -0.15) is 0 Å². The number of unbranched alkanes of at least 4 members (excludes halogenated alkanes) is 3. The molecule has 0 spiro atoms. The average molecular weight is 354 g/mol. The normalized spacial score (nSPS) is 20.4. The Hall–Kier alpha value is -1.54. The number of hydrogen-bond acceptors (Lipinski definition) is 2. The Morgan fingerprint density at radius 2 is 1.92 bits per heavy atom. The zero-order valence-corrected chi connectivity index (χ0v) is 16.6. The van der Waals surface area contributed by atoms with Crippen LogP contribution in [0.5, 0.6) is 5.75 Å². The maximum absolute atomic E-state index is 6.21. The molecule has 1 aliphatic rings. The topological polar surface area (TPSA) is 21.3 Å². The van der Waals surface area contributed by atoms with Gasteiger partial charge < -0.3 is 10.1 Å². The SMILES string of the molecule is CCCCCCOc1ccc2ccccc2c1CNC1CCCC(C)C1. The van der Waals surface area contributed by atoms with Gasteiger partial charge in [0.1, 0.15) is 5.75 Å². The van der Waals surface area contributed by atoms with E-state index in [2.05, 4.69) is 55.6 Å². The molecule has 2 nitrogen and oxygen atoms in total. The maximum atomic E-state index is 6.21. The van der Waals surface area contributed by atoms with Gasteiger partial charge in [0.15, 0.2) is 0 Å². The van der Waals surface area contributed by atoms with Crippen molar-refractivity contribution >= 4 is 10.8 Å². The molecular formula is C24H35NO. The van der Waals surface area contributed by atoms with E-state index in [4.69, 9.17) is 4.74 Å². The number of rotatable bonds is 9. The van der Waals surface area contributed by atoms with Gasteiger partial charge in [0.25, 0.3) is 0 Å². The van der Waals surface area contributed by atoms with Crippen LogP contribution in [0.15, 0.2) is 36.4 Å². The van der Waals surface area contributed by atoms with Gasteiger partial charge in [-0.15, -0.1) is 0 Å². The molecule has 2 heteroatoms. The van der Waals surface area contributed by atoms with Crippen molar-refractivity contribution in [1.82, 2.24) is 5.32 Å². The van der Waals surface area contributed by atoms with E-state index in [1.807, 2.05) is 0 Å². The van der Waals surface area contributed by atoms with Gasteiger partial charge >= 0.3 is 0 Å². The highest BCUT2D eigenvalue weighted by molar-refractivity contribution is 5.87. The number of nitrogens with one attached hydrogen (secondary N) is 1. The molecule has 1 N–H and O–H groups in total. The predicted octanol–water partition coefficient (Wildman–Crippen LogP) is 6.47. The number of ether oxygens (including phenoxy) is 1. The van der Waals surface area contributed by atoms with Crippen LogP contribution in [0.1, 0.15) is 70.8 Å². The predicted molar refractivity (Wildman–Crippen MR) is 112 cm³/mol. The molecule has 2 aromatic carbocycles. The molecular weight excluding hydrogens is 318 g/mol. The minimum atomic E-state index is 0.648. The van der Waals surface area contributed by atoms with Gasteiger partial charge in [0.2, 0.25) is 0 Å². The third-order valence-corrected chi connectivity index (χ3v) is 5.76. The van der Waals surface area contributed by atoms with Crippen LogP contribution < -0.4 is 10.1 Å². The first-order valence-electron chi connectivity index (χ1n) is 10.6. The van der Waals surface area contributed by atoms with Crippen LogP contribution in [-0.4, -0.2) is 12.6 Å². The molecule has 2 aromatic rings. The quantitative estimate of drug-likeness (QED) is 0.522. The van der Waals surface area contributed by atoms with E-state index in [-0.39, 0.29) is 0 Å². The first kappa shape index (κ1) is 19.2. The largest absolute Gasteiger partial charge is 0.493 e. The summed E-state index contributed by atoms with van der Waals surface area (Å²) >= 11 is 0. The summed E-state index contributed by atoms with van der Waals surface area (Å²) < 4.78 is 6.21. The van der Waals surface area contributed by atoms with E-state index in [0.29, 0.717) is 6.04 Å². The Morgan fingerprint density at radius 3 is 2.77 bits per heavy atom. The summed E-state index contributed by atoms with van der Waals surface area (Å²) in [6, 6.07) is 13.7. The van der Waals surface area contributed by atoms with Crippen molar-refractivity contribution in [2.75, 3.05) is 6.61 Å². The van der Waals surface area contributed by atoms with Crippen molar-refractivity contribution in [1.29, 1.82) is 0 Å². The van der Waals surface area contributed by atoms with Crippen LogP contribution >= 0.6 is 0 Å². The van der Waals surface area contributed by atoms with Crippen molar-refractivity contribution < 1.29 is 4.74 Å².